The second-order valence-corrected chi connectivity index (χ2v) is 5.79. The van der Waals surface area contributed by atoms with Gasteiger partial charge in [0, 0.05) is 33.2 Å². The van der Waals surface area contributed by atoms with E-state index < -0.39 is 6.10 Å². The zero-order valence-electron chi connectivity index (χ0n) is 12.2. The van der Waals surface area contributed by atoms with Gasteiger partial charge in [0.05, 0.1) is 12.7 Å². The van der Waals surface area contributed by atoms with E-state index in [1.165, 1.54) is 12.0 Å². The van der Waals surface area contributed by atoms with Crippen molar-refractivity contribution in [2.45, 2.75) is 37.8 Å². The lowest BCUT2D eigenvalue weighted by Crippen LogP contribution is -2.49. The van der Waals surface area contributed by atoms with Gasteiger partial charge in [-0.2, -0.15) is 0 Å². The van der Waals surface area contributed by atoms with Gasteiger partial charge in [-0.15, -0.1) is 0 Å². The van der Waals surface area contributed by atoms with Crippen molar-refractivity contribution in [3.63, 3.8) is 0 Å². The molecule has 2 rings (SSSR count). The molecule has 1 aliphatic heterocycles. The fourth-order valence-electron chi connectivity index (χ4n) is 2.76. The highest BCUT2D eigenvalue weighted by atomic mass is 16.5. The fourth-order valence-corrected chi connectivity index (χ4v) is 2.76. The Balaban J connectivity index is 1.91. The molecule has 0 radical (unpaired) electrons. The summed E-state index contributed by atoms with van der Waals surface area (Å²) < 4.78 is 4.86. The number of rotatable bonds is 6. The highest BCUT2D eigenvalue weighted by Crippen LogP contribution is 2.33. The summed E-state index contributed by atoms with van der Waals surface area (Å²) in [6.45, 7) is 1.11. The lowest BCUT2D eigenvalue weighted by Gasteiger charge is -2.29. The molecule has 2 unspecified atom stereocenters. The van der Waals surface area contributed by atoms with E-state index in [2.05, 4.69) is 0 Å². The summed E-state index contributed by atoms with van der Waals surface area (Å²) in [4.78, 5) is 27.8. The van der Waals surface area contributed by atoms with Crippen LogP contribution in [-0.4, -0.2) is 72.7 Å². The summed E-state index contributed by atoms with van der Waals surface area (Å²) in [5.41, 5.74) is 0. The second-order valence-electron chi connectivity index (χ2n) is 5.79. The molecule has 2 fully saturated rings. The highest BCUT2D eigenvalue weighted by Gasteiger charge is 2.41. The minimum atomic E-state index is -0.692. The Morgan fingerprint density at radius 1 is 1.40 bits per heavy atom. The molecule has 1 saturated carbocycles. The summed E-state index contributed by atoms with van der Waals surface area (Å²) in [6, 6.07) is -0.345. The molecule has 1 heterocycles. The van der Waals surface area contributed by atoms with Gasteiger partial charge >= 0.3 is 0 Å². The Hall–Kier alpha value is -1.14. The molecule has 1 N–H and O–H groups in total. The van der Waals surface area contributed by atoms with Crippen molar-refractivity contribution < 1.29 is 19.4 Å². The highest BCUT2D eigenvalue weighted by molar-refractivity contribution is 5.89. The van der Waals surface area contributed by atoms with Gasteiger partial charge in [-0.05, 0) is 25.7 Å². The largest absolute Gasteiger partial charge is 0.389 e. The van der Waals surface area contributed by atoms with Crippen molar-refractivity contribution in [2.24, 2.45) is 5.92 Å². The molecule has 2 amide bonds. The average Bonchev–Trinajstić information content (AvgIpc) is 3.14. The summed E-state index contributed by atoms with van der Waals surface area (Å²) in [5.74, 6) is 0.200. The Bertz CT molecular complexity index is 370. The maximum absolute atomic E-state index is 12.4. The van der Waals surface area contributed by atoms with Crippen LogP contribution in [0.4, 0.5) is 0 Å². The van der Waals surface area contributed by atoms with Crippen LogP contribution < -0.4 is 0 Å². The van der Waals surface area contributed by atoms with E-state index >= 15 is 0 Å². The number of likely N-dealkylation sites (tertiary alicyclic amines) is 1. The van der Waals surface area contributed by atoms with E-state index in [0.29, 0.717) is 6.54 Å². The molecule has 6 nitrogen and oxygen atoms in total. The van der Waals surface area contributed by atoms with Crippen LogP contribution in [0, 0.1) is 5.92 Å². The first-order chi connectivity index (χ1) is 9.54. The van der Waals surface area contributed by atoms with Crippen LogP contribution >= 0.6 is 0 Å². The van der Waals surface area contributed by atoms with Gasteiger partial charge in [-0.1, -0.05) is 0 Å². The van der Waals surface area contributed by atoms with E-state index in [4.69, 9.17) is 4.74 Å². The smallest absolute Gasteiger partial charge is 0.245 e. The molecule has 20 heavy (non-hydrogen) atoms. The predicted molar refractivity (Wildman–Crippen MR) is 73.0 cm³/mol. The van der Waals surface area contributed by atoms with Crippen LogP contribution in [0.3, 0.4) is 0 Å². The van der Waals surface area contributed by atoms with Crippen LogP contribution in [0.1, 0.15) is 25.7 Å². The SMILES string of the molecule is COCC(O)CN(C)C(=O)C1CCCN1C(=O)C1CC1. The number of hydrogen-bond donors (Lipinski definition) is 1. The zero-order valence-corrected chi connectivity index (χ0v) is 12.2. The molecule has 0 bridgehead atoms. The van der Waals surface area contributed by atoms with Crippen molar-refractivity contribution in [3.8, 4) is 0 Å². The van der Waals surface area contributed by atoms with E-state index in [9.17, 15) is 14.7 Å². The van der Waals surface area contributed by atoms with Gasteiger partial charge in [0.25, 0.3) is 0 Å². The van der Waals surface area contributed by atoms with Gasteiger partial charge < -0.3 is 19.6 Å². The number of nitrogens with zero attached hydrogens (tertiary/aromatic N) is 2. The third kappa shape index (κ3) is 3.49. The quantitative estimate of drug-likeness (QED) is 0.736. The van der Waals surface area contributed by atoms with Gasteiger partial charge in [-0.3, -0.25) is 9.59 Å². The average molecular weight is 284 g/mol. The molecule has 0 spiro atoms. The van der Waals surface area contributed by atoms with E-state index in [1.54, 1.807) is 11.9 Å². The van der Waals surface area contributed by atoms with E-state index in [0.717, 1.165) is 25.7 Å². The van der Waals surface area contributed by atoms with E-state index in [1.807, 2.05) is 0 Å². The number of aliphatic hydroxyl groups excluding tert-OH is 1. The van der Waals surface area contributed by atoms with Crippen LogP contribution in [0.15, 0.2) is 0 Å². The lowest BCUT2D eigenvalue weighted by atomic mass is 10.1. The Kier molecular flexibility index (Phi) is 4.99. The fraction of sp³-hybridized carbons (Fsp3) is 0.857. The van der Waals surface area contributed by atoms with Crippen LogP contribution in [0.5, 0.6) is 0 Å². The summed E-state index contributed by atoms with van der Waals surface area (Å²) >= 11 is 0. The topological polar surface area (TPSA) is 70.1 Å². The standard InChI is InChI=1S/C14H24N2O4/c1-15(8-11(17)9-20-2)14(19)12-4-3-7-16(12)13(18)10-5-6-10/h10-12,17H,3-9H2,1-2H3. The molecule has 2 aliphatic rings. The summed E-state index contributed by atoms with van der Waals surface area (Å²) in [6.07, 6.45) is 2.82. The van der Waals surface area contributed by atoms with Crippen molar-refractivity contribution in [3.05, 3.63) is 0 Å². The first-order valence-electron chi connectivity index (χ1n) is 7.27. The zero-order chi connectivity index (χ0) is 14.7. The molecule has 0 aromatic carbocycles. The second kappa shape index (κ2) is 6.54. The summed E-state index contributed by atoms with van der Waals surface area (Å²) in [7, 11) is 3.18. The number of aliphatic hydroxyl groups is 1. The molecule has 0 aromatic rings. The molecule has 0 aromatic heterocycles. The minimum absolute atomic E-state index is 0.0772. The predicted octanol–water partition coefficient (Wildman–Crippen LogP) is -0.147. The van der Waals surface area contributed by atoms with Gasteiger partial charge in [0.2, 0.25) is 11.8 Å². The monoisotopic (exact) mass is 284 g/mol. The third-order valence-corrected chi connectivity index (χ3v) is 3.97. The normalized spacial score (nSPS) is 23.8. The number of hydrogen-bond acceptors (Lipinski definition) is 4. The molecule has 1 saturated heterocycles. The number of amides is 2. The Morgan fingerprint density at radius 3 is 2.70 bits per heavy atom. The minimum Gasteiger partial charge on any atom is -0.389 e. The third-order valence-electron chi connectivity index (χ3n) is 3.97. The Morgan fingerprint density at radius 2 is 2.10 bits per heavy atom. The van der Waals surface area contributed by atoms with Crippen molar-refractivity contribution in [1.29, 1.82) is 0 Å². The first kappa shape index (κ1) is 15.3. The number of carbonyl (C=O) groups excluding carboxylic acids is 2. The number of ether oxygens (including phenoxy) is 1. The maximum atomic E-state index is 12.4. The van der Waals surface area contributed by atoms with Crippen molar-refractivity contribution in [1.82, 2.24) is 9.80 Å². The van der Waals surface area contributed by atoms with Crippen molar-refractivity contribution >= 4 is 11.8 Å². The number of likely N-dealkylation sites (N-methyl/N-ethyl adjacent to an activating group) is 1. The lowest BCUT2D eigenvalue weighted by molar-refractivity contribution is -0.144. The summed E-state index contributed by atoms with van der Waals surface area (Å²) in [5, 5.41) is 9.69. The molecule has 1 aliphatic carbocycles. The molecule has 114 valence electrons. The van der Waals surface area contributed by atoms with Gasteiger partial charge in [0.1, 0.15) is 6.04 Å². The number of methoxy groups -OCH3 is 1. The first-order valence-corrected chi connectivity index (χ1v) is 7.27. The van der Waals surface area contributed by atoms with Crippen LogP contribution in [-0.2, 0) is 14.3 Å². The molecular weight excluding hydrogens is 260 g/mol. The molecular formula is C14H24N2O4. The van der Waals surface area contributed by atoms with Gasteiger partial charge in [-0.25, -0.2) is 0 Å². The number of carbonyl (C=O) groups is 2. The molecule has 2 atom stereocenters. The van der Waals surface area contributed by atoms with Crippen LogP contribution in [0.25, 0.3) is 0 Å². The van der Waals surface area contributed by atoms with Crippen molar-refractivity contribution in [2.75, 3.05) is 33.9 Å². The van der Waals surface area contributed by atoms with Crippen LogP contribution in [0.2, 0.25) is 0 Å². The Labute approximate surface area is 119 Å². The molecule has 6 heteroatoms. The maximum Gasteiger partial charge on any atom is 0.245 e. The van der Waals surface area contributed by atoms with E-state index in [-0.39, 0.29) is 36.9 Å². The van der Waals surface area contributed by atoms with Gasteiger partial charge in [0.15, 0.2) is 0 Å².